The van der Waals surface area contributed by atoms with Crippen LogP contribution in [0.15, 0.2) is 72.2 Å². The summed E-state index contributed by atoms with van der Waals surface area (Å²) in [7, 11) is 0. The Morgan fingerprint density at radius 2 is 1.69 bits per heavy atom. The summed E-state index contributed by atoms with van der Waals surface area (Å²) in [6, 6.07) is 19.6. The molecule has 0 spiro atoms. The molecule has 0 radical (unpaired) electrons. The van der Waals surface area contributed by atoms with Gasteiger partial charge in [0.2, 0.25) is 0 Å². The Bertz CT molecular complexity index is 1590. The highest BCUT2D eigenvalue weighted by atomic mass is 32.1. The molecule has 1 N–H and O–H groups in total. The zero-order valence-corrected chi connectivity index (χ0v) is 24.1. The minimum atomic E-state index is -0.265. The number of nitrogens with one attached hydrogen (secondary N) is 1. The minimum absolute atomic E-state index is 0.0746. The van der Waals surface area contributed by atoms with Crippen molar-refractivity contribution in [1.82, 2.24) is 24.6 Å². The zero-order valence-electron chi connectivity index (χ0n) is 22.4. The number of aryl methyl sites for hydroxylation is 2. The highest BCUT2D eigenvalue weighted by Gasteiger charge is 2.32. The van der Waals surface area contributed by atoms with Gasteiger partial charge in [-0.15, -0.1) is 22.7 Å². The molecule has 9 heteroatoms. The first-order valence-corrected chi connectivity index (χ1v) is 14.6. The van der Waals surface area contributed by atoms with Crippen LogP contribution in [0.4, 0.5) is 0 Å². The molecule has 3 heterocycles. The van der Waals surface area contributed by atoms with Crippen molar-refractivity contribution >= 4 is 39.4 Å². The monoisotopic (exact) mass is 557 g/mol. The highest BCUT2D eigenvalue weighted by molar-refractivity contribution is 7.15. The van der Waals surface area contributed by atoms with Crippen molar-refractivity contribution in [3.8, 4) is 10.4 Å². The third-order valence-electron chi connectivity index (χ3n) is 6.72. The molecule has 0 unspecified atom stereocenters. The number of hydrogen-bond acceptors (Lipinski definition) is 6. The third-order valence-corrected chi connectivity index (χ3v) is 8.50. The highest BCUT2D eigenvalue weighted by Crippen LogP contribution is 2.32. The molecule has 0 saturated heterocycles. The lowest BCUT2D eigenvalue weighted by atomic mass is 10.00. The Morgan fingerprint density at radius 3 is 2.38 bits per heavy atom. The van der Waals surface area contributed by atoms with Gasteiger partial charge < -0.3 is 10.2 Å². The predicted octanol–water partition coefficient (Wildman–Crippen LogP) is 6.23. The predicted molar refractivity (Wildman–Crippen MR) is 157 cm³/mol. The summed E-state index contributed by atoms with van der Waals surface area (Å²) in [5.41, 5.74) is 3.64. The molecule has 0 aliphatic carbocycles. The Kier molecular flexibility index (Phi) is 7.90. The molecular formula is C30H31N5O2S2. The van der Waals surface area contributed by atoms with Crippen molar-refractivity contribution in [2.24, 2.45) is 5.92 Å². The van der Waals surface area contributed by atoms with Gasteiger partial charge in [0.05, 0.1) is 21.6 Å². The van der Waals surface area contributed by atoms with Gasteiger partial charge in [-0.05, 0) is 30.9 Å². The fourth-order valence-electron chi connectivity index (χ4n) is 4.77. The molecule has 0 bridgehead atoms. The maximum atomic E-state index is 14.3. The second-order valence-corrected chi connectivity index (χ2v) is 11.9. The number of benzene rings is 2. The summed E-state index contributed by atoms with van der Waals surface area (Å²) in [6.07, 6.45) is 1.86. The number of rotatable bonds is 9. The number of aromatic nitrogens is 3. The molecule has 2 amide bonds. The first-order chi connectivity index (χ1) is 18.8. The van der Waals surface area contributed by atoms with Gasteiger partial charge in [0.15, 0.2) is 4.96 Å². The molecule has 1 atom stereocenters. The summed E-state index contributed by atoms with van der Waals surface area (Å²) in [5.74, 6) is -0.271. The molecule has 7 nitrogen and oxygen atoms in total. The quantitative estimate of drug-likeness (QED) is 0.233. The maximum Gasteiger partial charge on any atom is 0.274 e. The van der Waals surface area contributed by atoms with Crippen LogP contribution in [0.3, 0.4) is 0 Å². The van der Waals surface area contributed by atoms with Crippen LogP contribution in [0.5, 0.6) is 0 Å². The van der Waals surface area contributed by atoms with Gasteiger partial charge in [-0.1, -0.05) is 74.5 Å². The number of thiazole rings is 2. The van der Waals surface area contributed by atoms with E-state index in [4.69, 9.17) is 4.98 Å². The molecule has 39 heavy (non-hydrogen) atoms. The molecule has 5 aromatic rings. The Morgan fingerprint density at radius 1 is 1.00 bits per heavy atom. The molecule has 0 saturated carbocycles. The zero-order chi connectivity index (χ0) is 27.5. The first-order valence-electron chi connectivity index (χ1n) is 12.9. The standard InChI is InChI=1S/C30H31N5O2S2/c1-19(2)24(17-31-28(36)26-20(3)32-30-34(26)15-16-38-30)35(18-22-11-7-5-8-12-22)29(37)25-27(39-21(4)33-25)23-13-9-6-10-14-23/h5-16,19,24H,17-18H2,1-4H3,(H,31,36)/t24-/m0/s1. The van der Waals surface area contributed by atoms with E-state index in [1.54, 1.807) is 0 Å². The summed E-state index contributed by atoms with van der Waals surface area (Å²) >= 11 is 3.01. The van der Waals surface area contributed by atoms with Crippen LogP contribution in [0.2, 0.25) is 0 Å². The van der Waals surface area contributed by atoms with Gasteiger partial charge in [-0.2, -0.15) is 0 Å². The maximum absolute atomic E-state index is 14.3. The summed E-state index contributed by atoms with van der Waals surface area (Å²) in [6.45, 7) is 8.63. The van der Waals surface area contributed by atoms with E-state index in [0.29, 0.717) is 30.2 Å². The molecule has 5 rings (SSSR count). The van der Waals surface area contributed by atoms with E-state index >= 15 is 0 Å². The normalized spacial score (nSPS) is 12.1. The van der Waals surface area contributed by atoms with Crippen molar-refractivity contribution in [2.75, 3.05) is 6.54 Å². The SMILES string of the molecule is Cc1nc(C(=O)N(Cc2ccccc2)[C@@H](CNC(=O)c2c(C)nc3sccn23)C(C)C)c(-c2ccccc2)s1. The Balaban J connectivity index is 1.48. The first kappa shape index (κ1) is 26.8. The van der Waals surface area contributed by atoms with Gasteiger partial charge in [-0.25, -0.2) is 9.97 Å². The number of imidazole rings is 1. The van der Waals surface area contributed by atoms with E-state index in [-0.39, 0.29) is 23.8 Å². The number of carbonyl (C=O) groups excluding carboxylic acids is 2. The van der Waals surface area contributed by atoms with Crippen LogP contribution in [-0.4, -0.2) is 43.7 Å². The molecule has 2 aromatic carbocycles. The van der Waals surface area contributed by atoms with Crippen molar-refractivity contribution in [3.05, 3.63) is 99.9 Å². The van der Waals surface area contributed by atoms with Crippen molar-refractivity contribution < 1.29 is 9.59 Å². The number of fused-ring (bicyclic) bond motifs is 1. The lowest BCUT2D eigenvalue weighted by molar-refractivity contribution is 0.0588. The van der Waals surface area contributed by atoms with E-state index in [0.717, 1.165) is 26.0 Å². The van der Waals surface area contributed by atoms with Crippen LogP contribution in [0.1, 0.15) is 51.1 Å². The van der Waals surface area contributed by atoms with E-state index in [9.17, 15) is 9.59 Å². The lowest BCUT2D eigenvalue weighted by Crippen LogP contribution is -2.49. The fraction of sp³-hybridized carbons (Fsp3) is 0.267. The van der Waals surface area contributed by atoms with E-state index in [1.165, 1.54) is 22.7 Å². The van der Waals surface area contributed by atoms with Crippen LogP contribution in [-0.2, 0) is 6.54 Å². The topological polar surface area (TPSA) is 79.6 Å². The van der Waals surface area contributed by atoms with Crippen molar-refractivity contribution in [1.29, 1.82) is 0 Å². The Hall–Kier alpha value is -3.82. The van der Waals surface area contributed by atoms with Gasteiger partial charge >= 0.3 is 0 Å². The number of carbonyl (C=O) groups is 2. The van der Waals surface area contributed by atoms with E-state index in [1.807, 2.05) is 95.4 Å². The third kappa shape index (κ3) is 5.65. The van der Waals surface area contributed by atoms with Crippen molar-refractivity contribution in [3.63, 3.8) is 0 Å². The average Bonchev–Trinajstić information content (AvgIpc) is 3.62. The molecule has 200 valence electrons. The second kappa shape index (κ2) is 11.5. The van der Waals surface area contributed by atoms with Crippen LogP contribution in [0.25, 0.3) is 15.4 Å². The van der Waals surface area contributed by atoms with Crippen LogP contribution in [0, 0.1) is 19.8 Å². The number of nitrogens with zero attached hydrogens (tertiary/aromatic N) is 4. The Labute approximate surface area is 236 Å². The van der Waals surface area contributed by atoms with Crippen LogP contribution >= 0.6 is 22.7 Å². The summed E-state index contributed by atoms with van der Waals surface area (Å²) in [4.78, 5) is 40.4. The van der Waals surface area contributed by atoms with Gasteiger partial charge in [0, 0.05) is 24.7 Å². The van der Waals surface area contributed by atoms with Crippen molar-refractivity contribution in [2.45, 2.75) is 40.3 Å². The minimum Gasteiger partial charge on any atom is -0.349 e. The summed E-state index contributed by atoms with van der Waals surface area (Å²) < 4.78 is 1.82. The number of hydrogen-bond donors (Lipinski definition) is 1. The van der Waals surface area contributed by atoms with Gasteiger partial charge in [0.25, 0.3) is 11.8 Å². The fourth-order valence-corrected chi connectivity index (χ4v) is 6.44. The smallest absolute Gasteiger partial charge is 0.274 e. The molecular weight excluding hydrogens is 526 g/mol. The van der Waals surface area contributed by atoms with Gasteiger partial charge in [0.1, 0.15) is 11.4 Å². The van der Waals surface area contributed by atoms with E-state index in [2.05, 4.69) is 24.1 Å². The largest absolute Gasteiger partial charge is 0.349 e. The molecule has 0 aliphatic heterocycles. The van der Waals surface area contributed by atoms with Gasteiger partial charge in [-0.3, -0.25) is 14.0 Å². The number of amides is 2. The molecule has 0 fully saturated rings. The molecule has 0 aliphatic rings. The summed E-state index contributed by atoms with van der Waals surface area (Å²) in [5, 5.41) is 5.85. The lowest BCUT2D eigenvalue weighted by Gasteiger charge is -2.34. The van der Waals surface area contributed by atoms with E-state index < -0.39 is 0 Å². The second-order valence-electron chi connectivity index (χ2n) is 9.82. The van der Waals surface area contributed by atoms with Crippen LogP contribution < -0.4 is 5.32 Å². The molecule has 3 aromatic heterocycles. The average molecular weight is 558 g/mol.